The molecule has 0 unspecified atom stereocenters. The first-order chi connectivity index (χ1) is 9.60. The summed E-state index contributed by atoms with van der Waals surface area (Å²) in [5, 5.41) is 0. The molecule has 1 aromatic carbocycles. The summed E-state index contributed by atoms with van der Waals surface area (Å²) in [5.41, 5.74) is 6.57. The van der Waals surface area contributed by atoms with Gasteiger partial charge in [0.15, 0.2) is 11.5 Å². The number of benzene rings is 1. The number of methoxy groups -OCH3 is 3. The summed E-state index contributed by atoms with van der Waals surface area (Å²) in [4.78, 5) is 17.2. The Labute approximate surface area is 115 Å². The van der Waals surface area contributed by atoms with Crippen molar-refractivity contribution >= 4 is 5.82 Å². The molecular weight excluding hydrogens is 262 g/mol. The van der Waals surface area contributed by atoms with Crippen LogP contribution >= 0.6 is 0 Å². The van der Waals surface area contributed by atoms with Gasteiger partial charge in [-0.1, -0.05) is 0 Å². The first kappa shape index (κ1) is 13.7. The van der Waals surface area contributed by atoms with Gasteiger partial charge in [-0.15, -0.1) is 0 Å². The van der Waals surface area contributed by atoms with Gasteiger partial charge in [-0.25, -0.2) is 9.78 Å². The molecule has 2 rings (SSSR count). The largest absolute Gasteiger partial charge is 0.493 e. The highest BCUT2D eigenvalue weighted by Crippen LogP contribution is 2.41. The van der Waals surface area contributed by atoms with Crippen LogP contribution in [0.15, 0.2) is 23.1 Å². The normalized spacial score (nSPS) is 10.2. The van der Waals surface area contributed by atoms with E-state index >= 15 is 0 Å². The van der Waals surface area contributed by atoms with Crippen LogP contribution in [-0.2, 0) is 0 Å². The maximum absolute atomic E-state index is 11.1. The Bertz CT molecular complexity index is 657. The summed E-state index contributed by atoms with van der Waals surface area (Å²) in [7, 11) is 4.57. The summed E-state index contributed by atoms with van der Waals surface area (Å²) in [6.07, 6.45) is 1.40. The molecule has 20 heavy (non-hydrogen) atoms. The third-order valence-corrected chi connectivity index (χ3v) is 2.82. The minimum Gasteiger partial charge on any atom is -0.493 e. The van der Waals surface area contributed by atoms with E-state index in [2.05, 4.69) is 9.97 Å². The zero-order valence-electron chi connectivity index (χ0n) is 11.4. The van der Waals surface area contributed by atoms with E-state index in [1.807, 2.05) is 0 Å². The van der Waals surface area contributed by atoms with Gasteiger partial charge in [0.2, 0.25) is 5.75 Å². The molecule has 1 heterocycles. The number of ether oxygens (including phenoxy) is 3. The van der Waals surface area contributed by atoms with E-state index in [-0.39, 0.29) is 5.82 Å². The number of hydrogen-bond donors (Lipinski definition) is 2. The lowest BCUT2D eigenvalue weighted by Gasteiger charge is -2.14. The van der Waals surface area contributed by atoms with E-state index in [4.69, 9.17) is 19.9 Å². The maximum Gasteiger partial charge on any atom is 0.346 e. The molecule has 0 aliphatic carbocycles. The van der Waals surface area contributed by atoms with Crippen molar-refractivity contribution in [2.45, 2.75) is 0 Å². The average molecular weight is 277 g/mol. The van der Waals surface area contributed by atoms with Crippen LogP contribution in [0, 0.1) is 0 Å². The summed E-state index contributed by atoms with van der Waals surface area (Å²) < 4.78 is 15.8. The molecule has 106 valence electrons. The van der Waals surface area contributed by atoms with Gasteiger partial charge >= 0.3 is 5.69 Å². The number of aromatic nitrogens is 2. The number of aromatic amines is 1. The first-order valence-corrected chi connectivity index (χ1v) is 5.76. The van der Waals surface area contributed by atoms with Crippen LogP contribution in [0.3, 0.4) is 0 Å². The third kappa shape index (κ3) is 2.37. The molecule has 0 bridgehead atoms. The topological polar surface area (TPSA) is 99.5 Å². The Morgan fingerprint density at radius 2 is 1.70 bits per heavy atom. The second-order valence-corrected chi connectivity index (χ2v) is 3.93. The highest BCUT2D eigenvalue weighted by Gasteiger charge is 2.15. The molecule has 0 aliphatic rings. The molecule has 0 fully saturated rings. The van der Waals surface area contributed by atoms with Crippen LogP contribution < -0.4 is 25.6 Å². The number of nitrogens with one attached hydrogen (secondary N) is 1. The van der Waals surface area contributed by atoms with Crippen LogP contribution in [0.2, 0.25) is 0 Å². The molecule has 0 radical (unpaired) electrons. The van der Waals surface area contributed by atoms with E-state index in [1.54, 1.807) is 12.1 Å². The van der Waals surface area contributed by atoms with Crippen LogP contribution in [0.1, 0.15) is 0 Å². The number of nitrogens with two attached hydrogens (primary N) is 1. The van der Waals surface area contributed by atoms with E-state index < -0.39 is 5.69 Å². The minimum atomic E-state index is -0.501. The summed E-state index contributed by atoms with van der Waals surface area (Å²) >= 11 is 0. The predicted octanol–water partition coefficient (Wildman–Crippen LogP) is 1.04. The second kappa shape index (κ2) is 5.52. The van der Waals surface area contributed by atoms with Crippen molar-refractivity contribution in [1.29, 1.82) is 0 Å². The van der Waals surface area contributed by atoms with Crippen molar-refractivity contribution in [3.05, 3.63) is 28.8 Å². The Morgan fingerprint density at radius 3 is 2.15 bits per heavy atom. The number of H-pyrrole nitrogens is 1. The predicted molar refractivity (Wildman–Crippen MR) is 74.4 cm³/mol. The van der Waals surface area contributed by atoms with Crippen LogP contribution in [-0.4, -0.2) is 31.3 Å². The highest BCUT2D eigenvalue weighted by molar-refractivity contribution is 5.77. The van der Waals surface area contributed by atoms with Gasteiger partial charge in [-0.2, -0.15) is 0 Å². The van der Waals surface area contributed by atoms with Crippen molar-refractivity contribution in [3.8, 4) is 28.4 Å². The highest BCUT2D eigenvalue weighted by atomic mass is 16.5. The fourth-order valence-electron chi connectivity index (χ4n) is 1.87. The van der Waals surface area contributed by atoms with Gasteiger partial charge in [0.25, 0.3) is 0 Å². The first-order valence-electron chi connectivity index (χ1n) is 5.76. The number of anilines is 1. The molecule has 0 aliphatic heterocycles. The molecule has 7 nitrogen and oxygen atoms in total. The Balaban J connectivity index is 2.65. The van der Waals surface area contributed by atoms with Gasteiger partial charge in [0, 0.05) is 11.8 Å². The average Bonchev–Trinajstić information content (AvgIpc) is 2.45. The molecule has 0 amide bonds. The van der Waals surface area contributed by atoms with Gasteiger partial charge in [0.05, 0.1) is 21.3 Å². The SMILES string of the molecule is COc1cc(-c2cnc(=O)[nH]c2N)cc(OC)c1OC. The molecule has 0 saturated carbocycles. The molecule has 0 saturated heterocycles. The van der Waals surface area contributed by atoms with Crippen molar-refractivity contribution < 1.29 is 14.2 Å². The Hall–Kier alpha value is -2.70. The Morgan fingerprint density at radius 1 is 1.10 bits per heavy atom. The minimum absolute atomic E-state index is 0.222. The lowest BCUT2D eigenvalue weighted by Crippen LogP contribution is -2.12. The van der Waals surface area contributed by atoms with Gasteiger partial charge in [0.1, 0.15) is 5.82 Å². The van der Waals surface area contributed by atoms with Crippen molar-refractivity contribution in [1.82, 2.24) is 9.97 Å². The molecule has 0 spiro atoms. The molecular formula is C13H15N3O4. The van der Waals surface area contributed by atoms with Crippen LogP contribution in [0.25, 0.3) is 11.1 Å². The maximum atomic E-state index is 11.1. The van der Waals surface area contributed by atoms with E-state index in [0.29, 0.717) is 28.4 Å². The zero-order valence-corrected chi connectivity index (χ0v) is 11.4. The van der Waals surface area contributed by atoms with E-state index in [1.165, 1.54) is 27.5 Å². The standard InChI is InChI=1S/C13H15N3O4/c1-18-9-4-7(5-10(19-2)11(9)20-3)8-6-15-13(17)16-12(8)14/h4-6H,1-3H3,(H3,14,15,16,17). The molecule has 3 N–H and O–H groups in total. The quantitative estimate of drug-likeness (QED) is 0.866. The van der Waals surface area contributed by atoms with Crippen LogP contribution in [0.5, 0.6) is 17.2 Å². The fourth-order valence-corrected chi connectivity index (χ4v) is 1.87. The molecule has 2 aromatic rings. The van der Waals surface area contributed by atoms with Gasteiger partial charge in [-0.3, -0.25) is 4.98 Å². The molecule has 7 heteroatoms. The third-order valence-electron chi connectivity index (χ3n) is 2.82. The van der Waals surface area contributed by atoms with Gasteiger partial charge in [-0.05, 0) is 17.7 Å². The van der Waals surface area contributed by atoms with Crippen molar-refractivity contribution in [2.24, 2.45) is 0 Å². The fraction of sp³-hybridized carbons (Fsp3) is 0.231. The summed E-state index contributed by atoms with van der Waals surface area (Å²) in [5.74, 6) is 1.69. The van der Waals surface area contributed by atoms with Crippen molar-refractivity contribution in [2.75, 3.05) is 27.1 Å². The molecule has 0 atom stereocenters. The smallest absolute Gasteiger partial charge is 0.346 e. The number of hydrogen-bond acceptors (Lipinski definition) is 6. The monoisotopic (exact) mass is 277 g/mol. The number of nitrogens with zero attached hydrogens (tertiary/aromatic N) is 1. The Kier molecular flexibility index (Phi) is 3.79. The number of nitrogen functional groups attached to an aromatic ring is 1. The molecule has 1 aromatic heterocycles. The van der Waals surface area contributed by atoms with Crippen LogP contribution in [0.4, 0.5) is 5.82 Å². The summed E-state index contributed by atoms with van der Waals surface area (Å²) in [6.45, 7) is 0. The van der Waals surface area contributed by atoms with Gasteiger partial charge < -0.3 is 19.9 Å². The number of rotatable bonds is 4. The van der Waals surface area contributed by atoms with E-state index in [0.717, 1.165) is 0 Å². The second-order valence-electron chi connectivity index (χ2n) is 3.93. The lowest BCUT2D eigenvalue weighted by atomic mass is 10.1. The summed E-state index contributed by atoms with van der Waals surface area (Å²) in [6, 6.07) is 3.46. The lowest BCUT2D eigenvalue weighted by molar-refractivity contribution is 0.324. The van der Waals surface area contributed by atoms with Crippen molar-refractivity contribution in [3.63, 3.8) is 0 Å². The van der Waals surface area contributed by atoms with E-state index in [9.17, 15) is 4.79 Å². The zero-order chi connectivity index (χ0) is 14.7.